The highest BCUT2D eigenvalue weighted by molar-refractivity contribution is 8.26. The van der Waals surface area contributed by atoms with E-state index in [2.05, 4.69) is 47.9 Å². The third kappa shape index (κ3) is 4.48. The Hall–Kier alpha value is -1.37. The Morgan fingerprint density at radius 3 is 2.38 bits per heavy atom. The van der Waals surface area contributed by atoms with E-state index in [0.717, 1.165) is 36.6 Å². The Morgan fingerprint density at radius 1 is 1.12 bits per heavy atom. The maximum atomic E-state index is 12.8. The zero-order valence-corrected chi connectivity index (χ0v) is 17.2. The Morgan fingerprint density at radius 2 is 1.77 bits per heavy atom. The number of likely N-dealkylation sites (tertiary alicyclic amines) is 1. The molecule has 1 aromatic carbocycles. The van der Waals surface area contributed by atoms with Crippen molar-refractivity contribution in [3.63, 3.8) is 0 Å². The minimum Gasteiger partial charge on any atom is -0.372 e. The van der Waals surface area contributed by atoms with Crippen molar-refractivity contribution >= 4 is 46.0 Å². The van der Waals surface area contributed by atoms with E-state index in [4.69, 9.17) is 12.2 Å². The summed E-state index contributed by atoms with van der Waals surface area (Å²) in [6.45, 7) is 9.04. The number of benzene rings is 1. The van der Waals surface area contributed by atoms with Gasteiger partial charge in [-0.3, -0.25) is 14.6 Å². The lowest BCUT2D eigenvalue weighted by molar-refractivity contribution is -0.123. The maximum Gasteiger partial charge on any atom is 0.267 e. The zero-order chi connectivity index (χ0) is 18.5. The largest absolute Gasteiger partial charge is 0.372 e. The first-order valence-corrected chi connectivity index (χ1v) is 10.7. The molecule has 3 rings (SSSR count). The molecule has 2 aliphatic heterocycles. The van der Waals surface area contributed by atoms with Crippen LogP contribution in [0.2, 0.25) is 0 Å². The summed E-state index contributed by atoms with van der Waals surface area (Å²) in [5.74, 6) is 0.0402. The van der Waals surface area contributed by atoms with Crippen LogP contribution in [0.25, 0.3) is 6.08 Å². The zero-order valence-electron chi connectivity index (χ0n) is 15.6. The van der Waals surface area contributed by atoms with Gasteiger partial charge in [-0.25, -0.2) is 0 Å². The van der Waals surface area contributed by atoms with Crippen LogP contribution in [0.3, 0.4) is 0 Å². The van der Waals surface area contributed by atoms with Crippen LogP contribution >= 0.6 is 24.0 Å². The number of thiocarbonyl (C=S) groups is 1. The van der Waals surface area contributed by atoms with Crippen LogP contribution in [0.1, 0.15) is 38.7 Å². The minimum absolute atomic E-state index is 0.0402. The van der Waals surface area contributed by atoms with Gasteiger partial charge in [0, 0.05) is 18.8 Å². The van der Waals surface area contributed by atoms with Gasteiger partial charge < -0.3 is 4.90 Å². The molecule has 0 radical (unpaired) electrons. The minimum atomic E-state index is 0.0402. The lowest BCUT2D eigenvalue weighted by Gasteiger charge is -2.29. The van der Waals surface area contributed by atoms with E-state index in [-0.39, 0.29) is 5.91 Å². The predicted molar refractivity (Wildman–Crippen MR) is 115 cm³/mol. The number of amides is 1. The van der Waals surface area contributed by atoms with Crippen molar-refractivity contribution in [2.24, 2.45) is 0 Å². The van der Waals surface area contributed by atoms with Crippen molar-refractivity contribution in [2.45, 2.75) is 33.1 Å². The topological polar surface area (TPSA) is 26.8 Å². The van der Waals surface area contributed by atoms with Gasteiger partial charge in [0.1, 0.15) is 4.32 Å². The second-order valence-electron chi connectivity index (χ2n) is 6.69. The molecule has 0 unspecified atom stereocenters. The number of piperidine rings is 1. The first-order chi connectivity index (χ1) is 12.6. The number of hydrogen-bond donors (Lipinski definition) is 0. The van der Waals surface area contributed by atoms with Gasteiger partial charge in [-0.2, -0.15) is 0 Å². The number of hydrogen-bond acceptors (Lipinski definition) is 5. The predicted octanol–water partition coefficient (Wildman–Crippen LogP) is 4.18. The SMILES string of the molecule is CCN(CC)c1ccc(/C=C2\SC(=S)N(CN3CCCCC3)C2=O)cc1. The highest BCUT2D eigenvalue weighted by Crippen LogP contribution is 2.33. The van der Waals surface area contributed by atoms with Crippen molar-refractivity contribution in [1.82, 2.24) is 9.80 Å². The van der Waals surface area contributed by atoms with Crippen molar-refractivity contribution in [2.75, 3.05) is 37.7 Å². The Balaban J connectivity index is 1.69. The van der Waals surface area contributed by atoms with E-state index >= 15 is 0 Å². The third-order valence-electron chi connectivity index (χ3n) is 4.98. The normalized spacial score (nSPS) is 20.2. The summed E-state index contributed by atoms with van der Waals surface area (Å²) in [5, 5.41) is 0. The standard InChI is InChI=1S/C20H27N3OS2/c1-3-22(4-2)17-10-8-16(9-11-17)14-18-19(24)23(20(25)26-18)15-21-12-6-5-7-13-21/h8-11,14H,3-7,12-13,15H2,1-2H3/b18-14-. The van der Waals surface area contributed by atoms with Crippen LogP contribution in [0.5, 0.6) is 0 Å². The lowest BCUT2D eigenvalue weighted by atomic mass is 10.1. The van der Waals surface area contributed by atoms with Crippen molar-refractivity contribution in [1.29, 1.82) is 0 Å². The first-order valence-electron chi connectivity index (χ1n) is 9.45. The molecule has 140 valence electrons. The molecule has 0 N–H and O–H groups in total. The fraction of sp³-hybridized carbons (Fsp3) is 0.500. The first kappa shape index (κ1) is 19.4. The average molecular weight is 390 g/mol. The highest BCUT2D eigenvalue weighted by atomic mass is 32.2. The van der Waals surface area contributed by atoms with E-state index in [1.165, 1.54) is 36.7 Å². The molecule has 2 heterocycles. The summed E-state index contributed by atoms with van der Waals surface area (Å²) in [7, 11) is 0. The molecule has 0 saturated carbocycles. The Bertz CT molecular complexity index is 677. The van der Waals surface area contributed by atoms with Gasteiger partial charge in [-0.1, -0.05) is 42.5 Å². The molecule has 26 heavy (non-hydrogen) atoms. The van der Waals surface area contributed by atoms with Crippen LogP contribution in [-0.2, 0) is 4.79 Å². The maximum absolute atomic E-state index is 12.8. The Labute approximate surface area is 166 Å². The number of nitrogens with zero attached hydrogens (tertiary/aromatic N) is 3. The van der Waals surface area contributed by atoms with E-state index in [1.807, 2.05) is 6.08 Å². The molecule has 4 nitrogen and oxygen atoms in total. The molecular weight excluding hydrogens is 362 g/mol. The monoisotopic (exact) mass is 389 g/mol. The van der Waals surface area contributed by atoms with Crippen LogP contribution in [-0.4, -0.2) is 52.9 Å². The van der Waals surface area contributed by atoms with Gasteiger partial charge in [-0.05, 0) is 63.6 Å². The number of anilines is 1. The van der Waals surface area contributed by atoms with Gasteiger partial charge in [0.25, 0.3) is 5.91 Å². The van der Waals surface area contributed by atoms with Crippen molar-refractivity contribution < 1.29 is 4.79 Å². The average Bonchev–Trinajstić information content (AvgIpc) is 2.92. The van der Waals surface area contributed by atoms with E-state index in [1.54, 1.807) is 4.90 Å². The molecule has 0 atom stereocenters. The van der Waals surface area contributed by atoms with E-state index in [0.29, 0.717) is 11.0 Å². The van der Waals surface area contributed by atoms with Crippen molar-refractivity contribution in [3.8, 4) is 0 Å². The number of rotatable bonds is 6. The molecule has 1 aromatic rings. The summed E-state index contributed by atoms with van der Waals surface area (Å²) in [5.41, 5.74) is 2.25. The highest BCUT2D eigenvalue weighted by Gasteiger charge is 2.33. The number of carbonyl (C=O) groups is 1. The van der Waals surface area contributed by atoms with E-state index < -0.39 is 0 Å². The molecule has 0 spiro atoms. The lowest BCUT2D eigenvalue weighted by Crippen LogP contribution is -2.42. The van der Waals surface area contributed by atoms with Crippen molar-refractivity contribution in [3.05, 3.63) is 34.7 Å². The van der Waals surface area contributed by atoms with Crippen LogP contribution < -0.4 is 4.90 Å². The summed E-state index contributed by atoms with van der Waals surface area (Å²) in [4.78, 5) is 19.9. The van der Waals surface area contributed by atoms with Crippen LogP contribution in [0, 0.1) is 0 Å². The molecule has 0 bridgehead atoms. The van der Waals surface area contributed by atoms with Gasteiger partial charge >= 0.3 is 0 Å². The van der Waals surface area contributed by atoms with Crippen LogP contribution in [0.15, 0.2) is 29.2 Å². The third-order valence-corrected chi connectivity index (χ3v) is 6.36. The Kier molecular flexibility index (Phi) is 6.73. The molecule has 0 aromatic heterocycles. The molecule has 1 amide bonds. The van der Waals surface area contributed by atoms with Gasteiger partial charge in [0.05, 0.1) is 11.6 Å². The summed E-state index contributed by atoms with van der Waals surface area (Å²) in [6, 6.07) is 8.39. The molecule has 2 aliphatic rings. The molecule has 2 saturated heterocycles. The van der Waals surface area contributed by atoms with Crippen LogP contribution in [0.4, 0.5) is 5.69 Å². The molecule has 6 heteroatoms. The molecule has 0 aliphatic carbocycles. The second-order valence-corrected chi connectivity index (χ2v) is 8.37. The second kappa shape index (κ2) is 9.02. The number of thioether (sulfide) groups is 1. The fourth-order valence-electron chi connectivity index (χ4n) is 3.44. The molecular formula is C20H27N3OS2. The van der Waals surface area contributed by atoms with E-state index in [9.17, 15) is 4.79 Å². The molecule has 2 fully saturated rings. The summed E-state index contributed by atoms with van der Waals surface area (Å²) < 4.78 is 0.673. The quantitative estimate of drug-likeness (QED) is 0.537. The van der Waals surface area contributed by atoms with Gasteiger partial charge in [0.15, 0.2) is 0 Å². The number of carbonyl (C=O) groups excluding carboxylic acids is 1. The van der Waals surface area contributed by atoms with Gasteiger partial charge in [-0.15, -0.1) is 0 Å². The van der Waals surface area contributed by atoms with Gasteiger partial charge in [0.2, 0.25) is 0 Å². The summed E-state index contributed by atoms with van der Waals surface area (Å²) >= 11 is 6.88. The fourth-order valence-corrected chi connectivity index (χ4v) is 4.69. The summed E-state index contributed by atoms with van der Waals surface area (Å²) in [6.07, 6.45) is 5.67. The smallest absolute Gasteiger partial charge is 0.267 e.